The molecule has 0 saturated carbocycles. The number of aryl methyl sites for hydroxylation is 1. The van der Waals surface area contributed by atoms with Gasteiger partial charge in [-0.3, -0.25) is 9.78 Å². The van der Waals surface area contributed by atoms with E-state index in [1.54, 1.807) is 6.20 Å². The number of ether oxygens (including phenoxy) is 1. The van der Waals surface area contributed by atoms with E-state index in [1.165, 1.54) is 7.11 Å². The number of nitrogens with zero attached hydrogens (tertiary/aromatic N) is 1. The Labute approximate surface area is 199 Å². The number of alkyl carbamates (subject to hydrolysis) is 1. The van der Waals surface area contributed by atoms with Crippen molar-refractivity contribution in [2.75, 3.05) is 12.4 Å². The van der Waals surface area contributed by atoms with Crippen molar-refractivity contribution in [1.82, 2.24) is 10.3 Å². The van der Waals surface area contributed by atoms with E-state index in [-0.39, 0.29) is 5.91 Å². The van der Waals surface area contributed by atoms with Crippen LogP contribution in [0, 0.1) is 0 Å². The summed E-state index contributed by atoms with van der Waals surface area (Å²) in [7, 11) is 1.29. The summed E-state index contributed by atoms with van der Waals surface area (Å²) in [5.41, 5.74) is 4.32. The van der Waals surface area contributed by atoms with Gasteiger partial charge >= 0.3 is 6.09 Å². The zero-order valence-electron chi connectivity index (χ0n) is 19.2. The van der Waals surface area contributed by atoms with Gasteiger partial charge in [0, 0.05) is 23.2 Å². The second-order valence-electron chi connectivity index (χ2n) is 7.92. The number of amides is 2. The van der Waals surface area contributed by atoms with Crippen molar-refractivity contribution in [3.05, 3.63) is 108 Å². The molecule has 0 fully saturated rings. The van der Waals surface area contributed by atoms with Crippen LogP contribution in [-0.4, -0.2) is 30.1 Å². The second kappa shape index (κ2) is 10.6. The quantitative estimate of drug-likeness (QED) is 0.398. The lowest BCUT2D eigenvalue weighted by molar-refractivity contribution is -0.118. The molecule has 34 heavy (non-hydrogen) atoms. The van der Waals surface area contributed by atoms with Gasteiger partial charge in [-0.25, -0.2) is 4.79 Å². The van der Waals surface area contributed by atoms with E-state index in [2.05, 4.69) is 15.6 Å². The molecular weight excluding hydrogens is 426 g/mol. The molecule has 0 spiro atoms. The standard InChI is InChI=1S/C28H27N3O3/c1-3-19-11-7-9-15-23(19)30-27(32)26(31-28(33)34-2)25(20-12-5-4-6-13-20)22-17-18-29-24-16-10-8-14-21(22)24/h4-18,25-26H,3H2,1-2H3,(H,30,32)(H,31,33)/t25?,26-/m0/s1. The average Bonchev–Trinajstić information content (AvgIpc) is 2.89. The van der Waals surface area contributed by atoms with Gasteiger partial charge in [0.15, 0.2) is 0 Å². The highest BCUT2D eigenvalue weighted by Gasteiger charge is 2.34. The van der Waals surface area contributed by atoms with Crippen LogP contribution in [0.15, 0.2) is 91.1 Å². The van der Waals surface area contributed by atoms with Crippen LogP contribution in [0.1, 0.15) is 29.5 Å². The lowest BCUT2D eigenvalue weighted by Crippen LogP contribution is -2.48. The summed E-state index contributed by atoms with van der Waals surface area (Å²) in [6.45, 7) is 2.03. The molecule has 3 aromatic carbocycles. The van der Waals surface area contributed by atoms with Gasteiger partial charge in [0.1, 0.15) is 6.04 Å². The van der Waals surface area contributed by atoms with Crippen LogP contribution in [0.4, 0.5) is 10.5 Å². The van der Waals surface area contributed by atoms with E-state index in [4.69, 9.17) is 4.74 Å². The summed E-state index contributed by atoms with van der Waals surface area (Å²) in [5.74, 6) is -0.817. The van der Waals surface area contributed by atoms with Crippen molar-refractivity contribution >= 4 is 28.6 Å². The third-order valence-corrected chi connectivity index (χ3v) is 5.91. The first-order chi connectivity index (χ1) is 16.6. The minimum absolute atomic E-state index is 0.332. The van der Waals surface area contributed by atoms with Crippen LogP contribution in [0.5, 0.6) is 0 Å². The van der Waals surface area contributed by atoms with Crippen molar-refractivity contribution in [1.29, 1.82) is 0 Å². The molecule has 2 N–H and O–H groups in total. The molecule has 0 saturated heterocycles. The number of aromatic nitrogens is 1. The van der Waals surface area contributed by atoms with E-state index >= 15 is 0 Å². The van der Waals surface area contributed by atoms with Gasteiger partial charge in [-0.15, -0.1) is 0 Å². The smallest absolute Gasteiger partial charge is 0.407 e. The Kier molecular flexibility index (Phi) is 7.18. The Bertz CT molecular complexity index is 1290. The van der Waals surface area contributed by atoms with Crippen molar-refractivity contribution in [2.45, 2.75) is 25.3 Å². The number of carbonyl (C=O) groups is 2. The van der Waals surface area contributed by atoms with Crippen LogP contribution >= 0.6 is 0 Å². The molecule has 6 heteroatoms. The first-order valence-electron chi connectivity index (χ1n) is 11.2. The molecule has 2 amide bonds. The van der Waals surface area contributed by atoms with Gasteiger partial charge in [0.25, 0.3) is 0 Å². The zero-order valence-corrected chi connectivity index (χ0v) is 19.2. The first-order valence-corrected chi connectivity index (χ1v) is 11.2. The van der Waals surface area contributed by atoms with Crippen LogP contribution in [0.3, 0.4) is 0 Å². The second-order valence-corrected chi connectivity index (χ2v) is 7.92. The molecule has 1 unspecified atom stereocenters. The third-order valence-electron chi connectivity index (χ3n) is 5.91. The molecule has 0 aliphatic rings. The fourth-order valence-corrected chi connectivity index (χ4v) is 4.25. The minimum atomic E-state index is -0.939. The van der Waals surface area contributed by atoms with E-state index in [9.17, 15) is 9.59 Å². The number of hydrogen-bond acceptors (Lipinski definition) is 4. The first kappa shape index (κ1) is 23.0. The van der Waals surface area contributed by atoms with Crippen LogP contribution < -0.4 is 10.6 Å². The molecule has 2 atom stereocenters. The fourth-order valence-electron chi connectivity index (χ4n) is 4.25. The Morgan fingerprint density at radius 1 is 0.912 bits per heavy atom. The summed E-state index contributed by atoms with van der Waals surface area (Å²) in [4.78, 5) is 30.6. The SMILES string of the molecule is CCc1ccccc1NC(=O)[C@@H](NC(=O)OC)C(c1ccccc1)c1ccnc2ccccc12. The molecule has 0 bridgehead atoms. The number of fused-ring (bicyclic) bond motifs is 1. The monoisotopic (exact) mass is 453 g/mol. The molecule has 172 valence electrons. The highest BCUT2D eigenvalue weighted by molar-refractivity contribution is 5.99. The normalized spacial score (nSPS) is 12.5. The summed E-state index contributed by atoms with van der Waals surface area (Å²) in [6.07, 6.45) is 1.82. The Morgan fingerprint density at radius 3 is 2.38 bits per heavy atom. The molecule has 4 aromatic rings. The molecule has 0 aliphatic carbocycles. The number of hydrogen-bond donors (Lipinski definition) is 2. The van der Waals surface area contributed by atoms with Gasteiger partial charge in [-0.05, 0) is 41.3 Å². The maximum atomic E-state index is 13.8. The summed E-state index contributed by atoms with van der Waals surface area (Å²) < 4.78 is 4.89. The molecule has 1 heterocycles. The van der Waals surface area contributed by atoms with Crippen LogP contribution in [0.25, 0.3) is 10.9 Å². The number of pyridine rings is 1. The Hall–Kier alpha value is -4.19. The lowest BCUT2D eigenvalue weighted by Gasteiger charge is -2.29. The van der Waals surface area contributed by atoms with Crippen molar-refractivity contribution in [3.63, 3.8) is 0 Å². The molecule has 4 rings (SSSR count). The number of nitrogens with one attached hydrogen (secondary N) is 2. The molecule has 1 aromatic heterocycles. The maximum Gasteiger partial charge on any atom is 0.407 e. The van der Waals surface area contributed by atoms with Crippen LogP contribution in [-0.2, 0) is 16.0 Å². The topological polar surface area (TPSA) is 80.3 Å². The number of carbonyl (C=O) groups excluding carboxylic acids is 2. The van der Waals surface area contributed by atoms with Gasteiger partial charge in [0.2, 0.25) is 5.91 Å². The fraction of sp³-hybridized carbons (Fsp3) is 0.179. The van der Waals surface area contributed by atoms with Crippen molar-refractivity contribution in [2.24, 2.45) is 0 Å². The lowest BCUT2D eigenvalue weighted by atomic mass is 9.83. The highest BCUT2D eigenvalue weighted by atomic mass is 16.5. The highest BCUT2D eigenvalue weighted by Crippen LogP contribution is 2.33. The number of para-hydroxylation sites is 2. The Morgan fingerprint density at radius 2 is 1.62 bits per heavy atom. The molecular formula is C28H27N3O3. The van der Waals surface area contributed by atoms with Gasteiger partial charge in [0.05, 0.1) is 12.6 Å². The minimum Gasteiger partial charge on any atom is -0.453 e. The van der Waals surface area contributed by atoms with Gasteiger partial charge in [-0.1, -0.05) is 73.7 Å². The summed E-state index contributed by atoms with van der Waals surface area (Å²) in [5, 5.41) is 6.74. The van der Waals surface area contributed by atoms with Gasteiger partial charge < -0.3 is 15.4 Å². The summed E-state index contributed by atoms with van der Waals surface area (Å²) >= 11 is 0. The molecule has 0 aliphatic heterocycles. The van der Waals surface area contributed by atoms with E-state index in [0.717, 1.165) is 39.7 Å². The maximum absolute atomic E-state index is 13.8. The third kappa shape index (κ3) is 4.91. The molecule has 6 nitrogen and oxygen atoms in total. The Balaban J connectivity index is 1.85. The van der Waals surface area contributed by atoms with Crippen molar-refractivity contribution < 1.29 is 14.3 Å². The largest absolute Gasteiger partial charge is 0.453 e. The van der Waals surface area contributed by atoms with Crippen molar-refractivity contribution in [3.8, 4) is 0 Å². The van der Waals surface area contributed by atoms with Crippen LogP contribution in [0.2, 0.25) is 0 Å². The number of methoxy groups -OCH3 is 1. The number of anilines is 1. The number of benzene rings is 3. The van der Waals surface area contributed by atoms with E-state index in [1.807, 2.05) is 91.9 Å². The zero-order chi connectivity index (χ0) is 23.9. The van der Waals surface area contributed by atoms with Gasteiger partial charge in [-0.2, -0.15) is 0 Å². The van der Waals surface area contributed by atoms with E-state index in [0.29, 0.717) is 0 Å². The van der Waals surface area contributed by atoms with E-state index < -0.39 is 18.1 Å². The predicted octanol–water partition coefficient (Wildman–Crippen LogP) is 5.29. The molecule has 0 radical (unpaired) electrons. The number of rotatable bonds is 7. The average molecular weight is 454 g/mol. The predicted molar refractivity (Wildman–Crippen MR) is 134 cm³/mol. The summed E-state index contributed by atoms with van der Waals surface area (Å²) in [6, 6.07) is 26.1.